The number of methoxy groups -OCH3 is 1. The zero-order chi connectivity index (χ0) is 10.1. The third-order valence-electron chi connectivity index (χ3n) is 2.18. The Morgan fingerprint density at radius 1 is 1.50 bits per heavy atom. The zero-order valence-electron chi connectivity index (χ0n) is 8.10. The van der Waals surface area contributed by atoms with Crippen molar-refractivity contribution in [2.24, 2.45) is 0 Å². The smallest absolute Gasteiger partial charge is 0.149 e. The average molecular weight is 211 g/mol. The van der Waals surface area contributed by atoms with Crippen molar-refractivity contribution >= 4 is 22.6 Å². The molecular weight excluding hydrogens is 200 g/mol. The number of imidazole rings is 1. The summed E-state index contributed by atoms with van der Waals surface area (Å²) >= 11 is 5.70. The van der Waals surface area contributed by atoms with Gasteiger partial charge in [0.1, 0.15) is 17.1 Å². The van der Waals surface area contributed by atoms with Crippen LogP contribution in [0.5, 0.6) is 5.75 Å². The van der Waals surface area contributed by atoms with Gasteiger partial charge in [-0.05, 0) is 18.6 Å². The lowest BCUT2D eigenvalue weighted by molar-refractivity contribution is 0.416. The minimum atomic E-state index is 0.386. The fourth-order valence-corrected chi connectivity index (χ4v) is 1.65. The number of aromatic nitrogens is 2. The third kappa shape index (κ3) is 1.34. The fourth-order valence-electron chi connectivity index (χ4n) is 1.52. The van der Waals surface area contributed by atoms with Crippen molar-refractivity contribution in [1.82, 2.24) is 9.97 Å². The standard InChI is InChI=1S/C10H11ClN2O/c1-6-3-4-7-9(10(6)14-2)13-8(5-11)12-7/h3-4H,5H2,1-2H3,(H,12,13). The van der Waals surface area contributed by atoms with Crippen LogP contribution in [0, 0.1) is 6.92 Å². The summed E-state index contributed by atoms with van der Waals surface area (Å²) in [6.07, 6.45) is 0. The lowest BCUT2D eigenvalue weighted by atomic mass is 10.2. The number of nitrogens with zero attached hydrogens (tertiary/aromatic N) is 1. The Morgan fingerprint density at radius 3 is 2.93 bits per heavy atom. The number of hydrogen-bond donors (Lipinski definition) is 1. The zero-order valence-corrected chi connectivity index (χ0v) is 8.85. The van der Waals surface area contributed by atoms with E-state index >= 15 is 0 Å². The molecule has 0 aliphatic rings. The minimum absolute atomic E-state index is 0.386. The third-order valence-corrected chi connectivity index (χ3v) is 2.44. The summed E-state index contributed by atoms with van der Waals surface area (Å²) in [6, 6.07) is 3.98. The minimum Gasteiger partial charge on any atom is -0.494 e. The SMILES string of the molecule is COc1c(C)ccc2[nH]c(CCl)nc12. The molecule has 0 aliphatic carbocycles. The van der Waals surface area contributed by atoms with Gasteiger partial charge in [0.25, 0.3) is 0 Å². The average Bonchev–Trinajstić information content (AvgIpc) is 2.60. The molecule has 0 radical (unpaired) electrons. The molecule has 1 heterocycles. The second-order valence-corrected chi connectivity index (χ2v) is 3.40. The normalized spacial score (nSPS) is 10.8. The van der Waals surface area contributed by atoms with Gasteiger partial charge < -0.3 is 9.72 Å². The highest BCUT2D eigenvalue weighted by molar-refractivity contribution is 6.16. The van der Waals surface area contributed by atoms with Crippen molar-refractivity contribution in [3.8, 4) is 5.75 Å². The van der Waals surface area contributed by atoms with E-state index in [0.29, 0.717) is 5.88 Å². The largest absolute Gasteiger partial charge is 0.494 e. The van der Waals surface area contributed by atoms with Gasteiger partial charge >= 0.3 is 0 Å². The summed E-state index contributed by atoms with van der Waals surface area (Å²) in [5.41, 5.74) is 2.89. The van der Waals surface area contributed by atoms with Crippen molar-refractivity contribution in [3.63, 3.8) is 0 Å². The Labute approximate surface area is 87.1 Å². The Balaban J connectivity index is 2.73. The quantitative estimate of drug-likeness (QED) is 0.774. The first kappa shape index (κ1) is 9.34. The summed E-state index contributed by atoms with van der Waals surface area (Å²) in [5.74, 6) is 1.97. The van der Waals surface area contributed by atoms with Gasteiger partial charge in [-0.1, -0.05) is 6.07 Å². The van der Waals surface area contributed by atoms with Gasteiger partial charge in [-0.15, -0.1) is 11.6 Å². The number of benzene rings is 1. The highest BCUT2D eigenvalue weighted by Crippen LogP contribution is 2.27. The number of rotatable bonds is 2. The number of fused-ring (bicyclic) bond motifs is 1. The van der Waals surface area contributed by atoms with Crippen LogP contribution >= 0.6 is 11.6 Å². The van der Waals surface area contributed by atoms with Crippen molar-refractivity contribution in [1.29, 1.82) is 0 Å². The van der Waals surface area contributed by atoms with E-state index in [1.54, 1.807) is 7.11 Å². The molecule has 0 bridgehead atoms. The lowest BCUT2D eigenvalue weighted by Crippen LogP contribution is -1.88. The van der Waals surface area contributed by atoms with E-state index in [9.17, 15) is 0 Å². The van der Waals surface area contributed by atoms with Gasteiger partial charge in [-0.3, -0.25) is 0 Å². The molecule has 1 N–H and O–H groups in total. The first-order valence-corrected chi connectivity index (χ1v) is 4.88. The van der Waals surface area contributed by atoms with E-state index in [4.69, 9.17) is 16.3 Å². The van der Waals surface area contributed by atoms with Crippen LogP contribution in [0.15, 0.2) is 12.1 Å². The van der Waals surface area contributed by atoms with Crippen LogP contribution in [0.1, 0.15) is 11.4 Å². The molecule has 1 aromatic carbocycles. The summed E-state index contributed by atoms with van der Waals surface area (Å²) < 4.78 is 5.29. The van der Waals surface area contributed by atoms with Gasteiger partial charge in [0, 0.05) is 0 Å². The number of hydrogen-bond acceptors (Lipinski definition) is 2. The first-order valence-electron chi connectivity index (χ1n) is 4.34. The van der Waals surface area contributed by atoms with E-state index in [1.807, 2.05) is 19.1 Å². The molecule has 74 valence electrons. The lowest BCUT2D eigenvalue weighted by Gasteiger charge is -2.03. The molecule has 1 aromatic heterocycles. The number of ether oxygens (including phenoxy) is 1. The highest BCUT2D eigenvalue weighted by atomic mass is 35.5. The number of H-pyrrole nitrogens is 1. The molecular formula is C10H11ClN2O. The van der Waals surface area contributed by atoms with E-state index in [0.717, 1.165) is 28.2 Å². The number of alkyl halides is 1. The van der Waals surface area contributed by atoms with Crippen LogP contribution in [-0.2, 0) is 5.88 Å². The van der Waals surface area contributed by atoms with Gasteiger partial charge in [0.2, 0.25) is 0 Å². The van der Waals surface area contributed by atoms with E-state index in [-0.39, 0.29) is 0 Å². The van der Waals surface area contributed by atoms with Crippen LogP contribution in [0.2, 0.25) is 0 Å². The van der Waals surface area contributed by atoms with E-state index in [2.05, 4.69) is 9.97 Å². The monoisotopic (exact) mass is 210 g/mol. The molecule has 0 aliphatic heterocycles. The van der Waals surface area contributed by atoms with Crippen LogP contribution in [0.3, 0.4) is 0 Å². The maximum absolute atomic E-state index is 5.70. The number of halogens is 1. The van der Waals surface area contributed by atoms with Gasteiger partial charge in [0.15, 0.2) is 0 Å². The molecule has 0 amide bonds. The second-order valence-electron chi connectivity index (χ2n) is 3.13. The van der Waals surface area contributed by atoms with Crippen LogP contribution < -0.4 is 4.74 Å². The predicted molar refractivity (Wildman–Crippen MR) is 56.9 cm³/mol. The molecule has 2 aromatic rings. The van der Waals surface area contributed by atoms with Crippen LogP contribution in [-0.4, -0.2) is 17.1 Å². The first-order chi connectivity index (χ1) is 6.76. The van der Waals surface area contributed by atoms with Crippen molar-refractivity contribution in [2.45, 2.75) is 12.8 Å². The topological polar surface area (TPSA) is 37.9 Å². The Hall–Kier alpha value is -1.22. The predicted octanol–water partition coefficient (Wildman–Crippen LogP) is 2.62. The Bertz CT molecular complexity index is 464. The Morgan fingerprint density at radius 2 is 2.29 bits per heavy atom. The maximum Gasteiger partial charge on any atom is 0.149 e. The van der Waals surface area contributed by atoms with Crippen molar-refractivity contribution in [2.75, 3.05) is 7.11 Å². The molecule has 0 saturated heterocycles. The number of aryl methyl sites for hydroxylation is 1. The number of aromatic amines is 1. The molecule has 4 heteroatoms. The van der Waals surface area contributed by atoms with E-state index < -0.39 is 0 Å². The molecule has 0 fully saturated rings. The summed E-state index contributed by atoms with van der Waals surface area (Å²) in [7, 11) is 1.65. The molecule has 0 saturated carbocycles. The maximum atomic E-state index is 5.70. The molecule has 0 unspecified atom stereocenters. The number of nitrogens with one attached hydrogen (secondary N) is 1. The fraction of sp³-hybridized carbons (Fsp3) is 0.300. The van der Waals surface area contributed by atoms with Crippen molar-refractivity contribution < 1.29 is 4.74 Å². The van der Waals surface area contributed by atoms with Crippen LogP contribution in [0.4, 0.5) is 0 Å². The summed E-state index contributed by atoms with van der Waals surface area (Å²) in [4.78, 5) is 7.47. The summed E-state index contributed by atoms with van der Waals surface area (Å²) in [6.45, 7) is 1.99. The molecule has 3 nitrogen and oxygen atoms in total. The van der Waals surface area contributed by atoms with Crippen molar-refractivity contribution in [3.05, 3.63) is 23.5 Å². The molecule has 2 rings (SSSR count). The Kier molecular flexibility index (Phi) is 2.33. The molecule has 14 heavy (non-hydrogen) atoms. The highest BCUT2D eigenvalue weighted by Gasteiger charge is 2.09. The molecule has 0 spiro atoms. The summed E-state index contributed by atoms with van der Waals surface area (Å²) in [5, 5.41) is 0. The van der Waals surface area contributed by atoms with Crippen LogP contribution in [0.25, 0.3) is 11.0 Å². The molecule has 0 atom stereocenters. The van der Waals surface area contributed by atoms with E-state index in [1.165, 1.54) is 0 Å². The van der Waals surface area contributed by atoms with Gasteiger partial charge in [-0.2, -0.15) is 0 Å². The van der Waals surface area contributed by atoms with Gasteiger partial charge in [-0.25, -0.2) is 4.98 Å². The van der Waals surface area contributed by atoms with Gasteiger partial charge in [0.05, 0.1) is 18.5 Å². The second kappa shape index (κ2) is 3.50.